The van der Waals surface area contributed by atoms with Crippen LogP contribution in [0.1, 0.15) is 16.7 Å². The second kappa shape index (κ2) is 5.89. The molecule has 0 spiro atoms. The summed E-state index contributed by atoms with van der Waals surface area (Å²) in [5, 5.41) is 3.17. The van der Waals surface area contributed by atoms with Crippen molar-refractivity contribution in [1.82, 2.24) is 10.2 Å². The lowest BCUT2D eigenvalue weighted by Gasteiger charge is -2.18. The zero-order valence-corrected chi connectivity index (χ0v) is 10.3. The van der Waals surface area contributed by atoms with Gasteiger partial charge in [-0.25, -0.2) is 0 Å². The van der Waals surface area contributed by atoms with Gasteiger partial charge in [-0.15, -0.1) is 0 Å². The lowest BCUT2D eigenvalue weighted by Crippen LogP contribution is -2.27. The Bertz CT molecular complexity index is 307. The van der Waals surface area contributed by atoms with E-state index in [2.05, 4.69) is 49.3 Å². The molecule has 0 aliphatic heterocycles. The van der Waals surface area contributed by atoms with Crippen molar-refractivity contribution in [1.29, 1.82) is 0 Å². The van der Waals surface area contributed by atoms with Gasteiger partial charge in [0.2, 0.25) is 0 Å². The molecule has 0 radical (unpaired) electrons. The summed E-state index contributed by atoms with van der Waals surface area (Å²) in [5.74, 6) is 0. The van der Waals surface area contributed by atoms with E-state index in [9.17, 15) is 0 Å². The first kappa shape index (κ1) is 12.2. The molecular formula is C13H22N2. The van der Waals surface area contributed by atoms with Crippen molar-refractivity contribution in [2.75, 3.05) is 27.2 Å². The molecule has 0 saturated carbocycles. The molecule has 0 aliphatic carbocycles. The van der Waals surface area contributed by atoms with Crippen LogP contribution in [0.5, 0.6) is 0 Å². The third kappa shape index (κ3) is 4.02. The van der Waals surface area contributed by atoms with Gasteiger partial charge in [0.05, 0.1) is 0 Å². The molecule has 0 unspecified atom stereocenters. The van der Waals surface area contributed by atoms with Gasteiger partial charge in [-0.05, 0) is 39.1 Å². The van der Waals surface area contributed by atoms with Crippen molar-refractivity contribution in [2.24, 2.45) is 0 Å². The monoisotopic (exact) mass is 206 g/mol. The summed E-state index contributed by atoms with van der Waals surface area (Å²) in [5.41, 5.74) is 4.17. The highest BCUT2D eigenvalue weighted by atomic mass is 15.1. The van der Waals surface area contributed by atoms with Crippen LogP contribution >= 0.6 is 0 Å². The molecule has 1 aromatic rings. The number of nitrogens with zero attached hydrogens (tertiary/aromatic N) is 1. The smallest absolute Gasteiger partial charge is 0.0233 e. The van der Waals surface area contributed by atoms with Crippen LogP contribution in [0.4, 0.5) is 0 Å². The number of likely N-dealkylation sites (N-methyl/N-ethyl adjacent to an activating group) is 2. The van der Waals surface area contributed by atoms with Crippen LogP contribution in [0.15, 0.2) is 18.2 Å². The first-order chi connectivity index (χ1) is 7.13. The van der Waals surface area contributed by atoms with E-state index in [1.807, 2.05) is 7.05 Å². The average molecular weight is 206 g/mol. The van der Waals surface area contributed by atoms with Crippen LogP contribution in [0.25, 0.3) is 0 Å². The molecule has 84 valence electrons. The lowest BCUT2D eigenvalue weighted by atomic mass is 10.1. The van der Waals surface area contributed by atoms with E-state index in [1.54, 1.807) is 0 Å². The number of aryl methyl sites for hydroxylation is 2. The SMILES string of the molecule is CNCCN(C)Cc1ccc(C)cc1C. The Kier molecular flexibility index (Phi) is 4.79. The van der Waals surface area contributed by atoms with Crippen LogP contribution < -0.4 is 5.32 Å². The third-order valence-corrected chi connectivity index (χ3v) is 2.68. The van der Waals surface area contributed by atoms with Crippen molar-refractivity contribution in [2.45, 2.75) is 20.4 Å². The van der Waals surface area contributed by atoms with E-state index in [0.29, 0.717) is 0 Å². The molecule has 0 saturated heterocycles. The van der Waals surface area contributed by atoms with E-state index in [-0.39, 0.29) is 0 Å². The van der Waals surface area contributed by atoms with Crippen LogP contribution in [-0.4, -0.2) is 32.1 Å². The minimum absolute atomic E-state index is 1.04. The summed E-state index contributed by atoms with van der Waals surface area (Å²) in [7, 11) is 4.15. The minimum atomic E-state index is 1.04. The second-order valence-electron chi connectivity index (χ2n) is 4.27. The van der Waals surface area contributed by atoms with Crippen molar-refractivity contribution in [3.05, 3.63) is 34.9 Å². The molecular weight excluding hydrogens is 184 g/mol. The quantitative estimate of drug-likeness (QED) is 0.792. The van der Waals surface area contributed by atoms with E-state index in [0.717, 1.165) is 19.6 Å². The van der Waals surface area contributed by atoms with Gasteiger partial charge in [0.15, 0.2) is 0 Å². The van der Waals surface area contributed by atoms with Crippen LogP contribution in [0.2, 0.25) is 0 Å². The highest BCUT2D eigenvalue weighted by Crippen LogP contribution is 2.12. The summed E-state index contributed by atoms with van der Waals surface area (Å²) < 4.78 is 0. The van der Waals surface area contributed by atoms with Crippen molar-refractivity contribution in [3.63, 3.8) is 0 Å². The Morgan fingerprint density at radius 3 is 2.60 bits per heavy atom. The molecule has 0 heterocycles. The number of nitrogens with one attached hydrogen (secondary N) is 1. The van der Waals surface area contributed by atoms with Gasteiger partial charge in [-0.3, -0.25) is 0 Å². The molecule has 1 rings (SSSR count). The molecule has 0 atom stereocenters. The van der Waals surface area contributed by atoms with Crippen molar-refractivity contribution in [3.8, 4) is 0 Å². The maximum atomic E-state index is 3.17. The van der Waals surface area contributed by atoms with Crippen molar-refractivity contribution < 1.29 is 0 Å². The van der Waals surface area contributed by atoms with E-state index in [4.69, 9.17) is 0 Å². The fourth-order valence-electron chi connectivity index (χ4n) is 1.70. The first-order valence-electron chi connectivity index (χ1n) is 5.52. The molecule has 2 nitrogen and oxygen atoms in total. The van der Waals surface area contributed by atoms with Gasteiger partial charge in [0.25, 0.3) is 0 Å². The summed E-state index contributed by atoms with van der Waals surface area (Å²) in [6.07, 6.45) is 0. The highest BCUT2D eigenvalue weighted by molar-refractivity contribution is 5.30. The molecule has 0 aliphatic rings. The van der Waals surface area contributed by atoms with Gasteiger partial charge in [0.1, 0.15) is 0 Å². The second-order valence-corrected chi connectivity index (χ2v) is 4.27. The summed E-state index contributed by atoms with van der Waals surface area (Å²) >= 11 is 0. The van der Waals surface area contributed by atoms with Crippen molar-refractivity contribution >= 4 is 0 Å². The topological polar surface area (TPSA) is 15.3 Å². The summed E-state index contributed by atoms with van der Waals surface area (Å²) in [6, 6.07) is 6.68. The molecule has 2 heteroatoms. The number of benzene rings is 1. The lowest BCUT2D eigenvalue weighted by molar-refractivity contribution is 0.327. The summed E-state index contributed by atoms with van der Waals surface area (Å²) in [6.45, 7) is 7.49. The van der Waals surface area contributed by atoms with Gasteiger partial charge < -0.3 is 10.2 Å². The maximum Gasteiger partial charge on any atom is 0.0233 e. The fourth-order valence-corrected chi connectivity index (χ4v) is 1.70. The van der Waals surface area contributed by atoms with E-state index in [1.165, 1.54) is 16.7 Å². The minimum Gasteiger partial charge on any atom is -0.318 e. The Labute approximate surface area is 93.3 Å². The maximum absolute atomic E-state index is 3.17. The molecule has 0 fully saturated rings. The standard InChI is InChI=1S/C13H22N2/c1-11-5-6-13(12(2)9-11)10-15(4)8-7-14-3/h5-6,9,14H,7-8,10H2,1-4H3. The Morgan fingerprint density at radius 2 is 2.00 bits per heavy atom. The van der Waals surface area contributed by atoms with Crippen LogP contribution in [0, 0.1) is 13.8 Å². The predicted octanol–water partition coefficient (Wildman–Crippen LogP) is 1.95. The third-order valence-electron chi connectivity index (χ3n) is 2.68. The van der Waals surface area contributed by atoms with E-state index >= 15 is 0 Å². The predicted molar refractivity (Wildman–Crippen MR) is 66.2 cm³/mol. The molecule has 15 heavy (non-hydrogen) atoms. The normalized spacial score (nSPS) is 11.0. The largest absolute Gasteiger partial charge is 0.318 e. The average Bonchev–Trinajstić information content (AvgIpc) is 2.19. The van der Waals surface area contributed by atoms with Crippen LogP contribution in [0.3, 0.4) is 0 Å². The number of rotatable bonds is 5. The van der Waals surface area contributed by atoms with E-state index < -0.39 is 0 Å². The summed E-state index contributed by atoms with van der Waals surface area (Å²) in [4.78, 5) is 2.34. The molecule has 0 amide bonds. The molecule has 1 N–H and O–H groups in total. The highest BCUT2D eigenvalue weighted by Gasteiger charge is 2.02. The van der Waals surface area contributed by atoms with Gasteiger partial charge in [-0.1, -0.05) is 23.8 Å². The number of hydrogen-bond donors (Lipinski definition) is 1. The first-order valence-corrected chi connectivity index (χ1v) is 5.52. The van der Waals surface area contributed by atoms with Gasteiger partial charge >= 0.3 is 0 Å². The fraction of sp³-hybridized carbons (Fsp3) is 0.538. The zero-order valence-electron chi connectivity index (χ0n) is 10.3. The Hall–Kier alpha value is -0.860. The zero-order chi connectivity index (χ0) is 11.3. The van der Waals surface area contributed by atoms with Gasteiger partial charge in [-0.2, -0.15) is 0 Å². The number of hydrogen-bond acceptors (Lipinski definition) is 2. The molecule has 0 aromatic heterocycles. The Morgan fingerprint density at radius 1 is 1.27 bits per heavy atom. The molecule has 1 aromatic carbocycles. The van der Waals surface area contributed by atoms with Crippen LogP contribution in [-0.2, 0) is 6.54 Å². The Balaban J connectivity index is 2.56. The molecule has 0 bridgehead atoms. The van der Waals surface area contributed by atoms with Gasteiger partial charge in [0, 0.05) is 19.6 Å².